The second-order valence-electron chi connectivity index (χ2n) is 6.17. The molecule has 0 heterocycles. The fourth-order valence-electron chi connectivity index (χ4n) is 3.49. The van der Waals surface area contributed by atoms with E-state index in [9.17, 15) is 13.2 Å². The lowest BCUT2D eigenvalue weighted by atomic mass is 9.85. The Morgan fingerprint density at radius 3 is 2.52 bits per heavy atom. The molecule has 1 N–H and O–H groups in total. The van der Waals surface area contributed by atoms with Crippen LogP contribution < -0.4 is 5.32 Å². The highest BCUT2D eigenvalue weighted by atomic mass is 19.4. The molecule has 1 aromatic rings. The van der Waals surface area contributed by atoms with E-state index >= 15 is 0 Å². The molecule has 4 heteroatoms. The van der Waals surface area contributed by atoms with Gasteiger partial charge in [0, 0.05) is 6.04 Å². The third-order valence-corrected chi connectivity index (χ3v) is 4.71. The first-order valence-electron chi connectivity index (χ1n) is 7.75. The van der Waals surface area contributed by atoms with Crippen LogP contribution in [0.25, 0.3) is 0 Å². The maximum atomic E-state index is 12.7. The molecule has 1 aromatic carbocycles. The molecule has 118 valence electrons. The Hall–Kier alpha value is -1.03. The van der Waals surface area contributed by atoms with Gasteiger partial charge in [-0.3, -0.25) is 0 Å². The van der Waals surface area contributed by atoms with Crippen molar-refractivity contribution in [3.8, 4) is 0 Å². The second kappa shape index (κ2) is 6.39. The van der Waals surface area contributed by atoms with Gasteiger partial charge in [0.05, 0.1) is 5.56 Å². The van der Waals surface area contributed by atoms with Gasteiger partial charge in [0.1, 0.15) is 0 Å². The summed E-state index contributed by atoms with van der Waals surface area (Å²) in [6.07, 6.45) is -0.996. The zero-order valence-corrected chi connectivity index (χ0v) is 12.9. The number of halogens is 3. The zero-order valence-electron chi connectivity index (χ0n) is 12.9. The summed E-state index contributed by atoms with van der Waals surface area (Å²) in [6, 6.07) is 4.68. The molecule has 0 aromatic heterocycles. The smallest absolute Gasteiger partial charge is 0.314 e. The fraction of sp³-hybridized carbons (Fsp3) is 0.647. The summed E-state index contributed by atoms with van der Waals surface area (Å²) in [5, 5.41) is 3.56. The lowest BCUT2D eigenvalue weighted by Gasteiger charge is -2.24. The number of hydrogen-bond donors (Lipinski definition) is 1. The first kappa shape index (κ1) is 16.3. The molecule has 3 atom stereocenters. The molecule has 21 heavy (non-hydrogen) atoms. The fourth-order valence-corrected chi connectivity index (χ4v) is 3.49. The average molecular weight is 299 g/mol. The highest BCUT2D eigenvalue weighted by molar-refractivity contribution is 5.36. The summed E-state index contributed by atoms with van der Waals surface area (Å²) in [5.74, 6) is 0.827. The summed E-state index contributed by atoms with van der Waals surface area (Å²) in [6.45, 7) is 7.16. The topological polar surface area (TPSA) is 12.0 Å². The molecule has 1 aliphatic rings. The van der Waals surface area contributed by atoms with Crippen molar-refractivity contribution in [2.45, 2.75) is 58.2 Å². The van der Waals surface area contributed by atoms with Gasteiger partial charge in [-0.2, -0.15) is 13.2 Å². The van der Waals surface area contributed by atoms with Gasteiger partial charge in [0.25, 0.3) is 0 Å². The van der Waals surface area contributed by atoms with Crippen LogP contribution in [0.15, 0.2) is 18.2 Å². The van der Waals surface area contributed by atoms with Crippen LogP contribution in [0.2, 0.25) is 0 Å². The normalized spacial score (nSPS) is 26.3. The van der Waals surface area contributed by atoms with Crippen molar-refractivity contribution in [2.75, 3.05) is 6.54 Å². The van der Waals surface area contributed by atoms with Crippen molar-refractivity contribution < 1.29 is 13.2 Å². The Labute approximate surface area is 124 Å². The Balaban J connectivity index is 2.16. The summed E-state index contributed by atoms with van der Waals surface area (Å²) in [5.41, 5.74) is 1.30. The number of hydrogen-bond acceptors (Lipinski definition) is 1. The summed E-state index contributed by atoms with van der Waals surface area (Å²) < 4.78 is 38.2. The van der Waals surface area contributed by atoms with E-state index in [0.717, 1.165) is 36.9 Å². The SMILES string of the molecule is CCCNC1CCC(c2ccc(C(F)(F)F)cc2C)C1C. The van der Waals surface area contributed by atoms with E-state index in [1.165, 1.54) is 12.1 Å². The Kier molecular flexibility index (Phi) is 4.97. The molecule has 1 nitrogen and oxygen atoms in total. The molecule has 0 amide bonds. The maximum Gasteiger partial charge on any atom is 0.416 e. The number of alkyl halides is 3. The molecule has 3 unspecified atom stereocenters. The van der Waals surface area contributed by atoms with Gasteiger partial charge in [-0.15, -0.1) is 0 Å². The highest BCUT2D eigenvalue weighted by Crippen LogP contribution is 2.42. The number of nitrogens with one attached hydrogen (secondary N) is 1. The van der Waals surface area contributed by atoms with E-state index in [1.807, 2.05) is 0 Å². The Bertz CT molecular complexity index is 481. The van der Waals surface area contributed by atoms with Crippen LogP contribution in [-0.2, 0) is 6.18 Å². The molecule has 0 radical (unpaired) electrons. The highest BCUT2D eigenvalue weighted by Gasteiger charge is 2.35. The molecular formula is C17H24F3N. The van der Waals surface area contributed by atoms with Crippen molar-refractivity contribution in [1.29, 1.82) is 0 Å². The number of rotatable bonds is 4. The van der Waals surface area contributed by atoms with Crippen molar-refractivity contribution in [1.82, 2.24) is 5.32 Å². The van der Waals surface area contributed by atoms with Crippen molar-refractivity contribution in [3.63, 3.8) is 0 Å². The third kappa shape index (κ3) is 3.60. The van der Waals surface area contributed by atoms with Crippen LogP contribution in [0.1, 0.15) is 55.7 Å². The van der Waals surface area contributed by atoms with Gasteiger partial charge in [-0.1, -0.05) is 19.9 Å². The van der Waals surface area contributed by atoms with Crippen LogP contribution in [0, 0.1) is 12.8 Å². The van der Waals surface area contributed by atoms with E-state index in [4.69, 9.17) is 0 Å². The van der Waals surface area contributed by atoms with Gasteiger partial charge in [0.15, 0.2) is 0 Å². The van der Waals surface area contributed by atoms with E-state index in [1.54, 1.807) is 13.0 Å². The predicted molar refractivity (Wildman–Crippen MR) is 79.4 cm³/mol. The first-order chi connectivity index (χ1) is 9.84. The van der Waals surface area contributed by atoms with Gasteiger partial charge < -0.3 is 5.32 Å². The lowest BCUT2D eigenvalue weighted by Crippen LogP contribution is -2.32. The molecule has 0 spiro atoms. The summed E-state index contributed by atoms with van der Waals surface area (Å²) >= 11 is 0. The molecule has 1 aliphatic carbocycles. The molecule has 0 aliphatic heterocycles. The Morgan fingerprint density at radius 2 is 1.95 bits per heavy atom. The summed E-state index contributed by atoms with van der Waals surface area (Å²) in [4.78, 5) is 0. The van der Waals surface area contributed by atoms with E-state index in [2.05, 4.69) is 19.2 Å². The van der Waals surface area contributed by atoms with Crippen LogP contribution in [-0.4, -0.2) is 12.6 Å². The van der Waals surface area contributed by atoms with Crippen LogP contribution in [0.5, 0.6) is 0 Å². The minimum absolute atomic E-state index is 0.363. The molecule has 2 rings (SSSR count). The van der Waals surface area contributed by atoms with Crippen molar-refractivity contribution in [2.24, 2.45) is 5.92 Å². The third-order valence-electron chi connectivity index (χ3n) is 4.71. The minimum Gasteiger partial charge on any atom is -0.314 e. The lowest BCUT2D eigenvalue weighted by molar-refractivity contribution is -0.137. The minimum atomic E-state index is -4.25. The molecule has 0 saturated heterocycles. The van der Waals surface area contributed by atoms with Gasteiger partial charge in [-0.25, -0.2) is 0 Å². The quantitative estimate of drug-likeness (QED) is 0.834. The maximum absolute atomic E-state index is 12.7. The van der Waals surface area contributed by atoms with E-state index in [0.29, 0.717) is 17.9 Å². The van der Waals surface area contributed by atoms with Crippen molar-refractivity contribution >= 4 is 0 Å². The predicted octanol–water partition coefficient (Wildman–Crippen LogP) is 4.90. The van der Waals surface area contributed by atoms with E-state index in [-0.39, 0.29) is 0 Å². The number of benzene rings is 1. The van der Waals surface area contributed by atoms with Gasteiger partial charge in [0.2, 0.25) is 0 Å². The Morgan fingerprint density at radius 1 is 1.24 bits per heavy atom. The largest absolute Gasteiger partial charge is 0.416 e. The van der Waals surface area contributed by atoms with Crippen LogP contribution in [0.3, 0.4) is 0 Å². The molecular weight excluding hydrogens is 275 g/mol. The van der Waals surface area contributed by atoms with E-state index < -0.39 is 11.7 Å². The molecule has 1 saturated carbocycles. The van der Waals surface area contributed by atoms with Gasteiger partial charge in [-0.05, 0) is 67.8 Å². The second-order valence-corrected chi connectivity index (χ2v) is 6.17. The van der Waals surface area contributed by atoms with Crippen LogP contribution >= 0.6 is 0 Å². The average Bonchev–Trinajstić information content (AvgIpc) is 2.76. The zero-order chi connectivity index (χ0) is 15.6. The number of aryl methyl sites for hydroxylation is 1. The van der Waals surface area contributed by atoms with Crippen LogP contribution in [0.4, 0.5) is 13.2 Å². The molecule has 1 fully saturated rings. The first-order valence-corrected chi connectivity index (χ1v) is 7.75. The summed E-state index contributed by atoms with van der Waals surface area (Å²) in [7, 11) is 0. The molecule has 0 bridgehead atoms. The monoisotopic (exact) mass is 299 g/mol. The standard InChI is InChI=1S/C17H24F3N/c1-4-9-21-16-8-7-15(12(16)3)14-6-5-13(10-11(14)2)17(18,19)20/h5-6,10,12,15-16,21H,4,7-9H2,1-3H3. The van der Waals surface area contributed by atoms with Gasteiger partial charge >= 0.3 is 6.18 Å². The van der Waals surface area contributed by atoms with Crippen molar-refractivity contribution in [3.05, 3.63) is 34.9 Å².